The zero-order valence-corrected chi connectivity index (χ0v) is 14.3. The molecule has 0 atom stereocenters. The minimum atomic E-state index is -0.492. The second-order valence-electron chi connectivity index (χ2n) is 5.94. The highest BCUT2D eigenvalue weighted by Crippen LogP contribution is 2.11. The number of hydrogen-bond donors (Lipinski definition) is 3. The molecular formula is C17H27N3O3. The van der Waals surface area contributed by atoms with Gasteiger partial charge in [-0.05, 0) is 31.5 Å². The molecule has 1 aromatic carbocycles. The van der Waals surface area contributed by atoms with E-state index in [2.05, 4.69) is 29.8 Å². The molecule has 3 N–H and O–H groups in total. The first-order valence-electron chi connectivity index (χ1n) is 7.92. The highest BCUT2D eigenvalue weighted by molar-refractivity contribution is 5.77. The molecule has 0 aliphatic heterocycles. The molecular weight excluding hydrogens is 294 g/mol. The summed E-state index contributed by atoms with van der Waals surface area (Å²) < 4.78 is 5.12. The fraction of sp³-hybridized carbons (Fsp3) is 0.529. The third kappa shape index (κ3) is 8.09. The molecule has 0 saturated heterocycles. The number of anilines is 1. The lowest BCUT2D eigenvalue weighted by Gasteiger charge is -2.11. The van der Waals surface area contributed by atoms with E-state index in [4.69, 9.17) is 4.74 Å². The van der Waals surface area contributed by atoms with Crippen molar-refractivity contribution in [2.24, 2.45) is 5.92 Å². The molecule has 0 aliphatic carbocycles. The Balaban J connectivity index is 2.21. The molecule has 2 amide bonds. The minimum Gasteiger partial charge on any atom is -0.445 e. The molecule has 128 valence electrons. The van der Waals surface area contributed by atoms with Gasteiger partial charge >= 0.3 is 6.09 Å². The molecule has 0 spiro atoms. The summed E-state index contributed by atoms with van der Waals surface area (Å²) in [5.41, 5.74) is 1.96. The van der Waals surface area contributed by atoms with Crippen LogP contribution in [0.1, 0.15) is 33.3 Å². The van der Waals surface area contributed by atoms with E-state index < -0.39 is 6.09 Å². The molecule has 1 aromatic rings. The first-order valence-corrected chi connectivity index (χ1v) is 7.92. The Labute approximate surface area is 138 Å². The van der Waals surface area contributed by atoms with Gasteiger partial charge in [0.25, 0.3) is 0 Å². The van der Waals surface area contributed by atoms with Gasteiger partial charge in [0.2, 0.25) is 5.91 Å². The van der Waals surface area contributed by atoms with Crippen LogP contribution in [0.2, 0.25) is 0 Å². The highest BCUT2D eigenvalue weighted by Gasteiger charge is 2.06. The molecule has 0 fully saturated rings. The lowest BCUT2D eigenvalue weighted by atomic mass is 10.2. The van der Waals surface area contributed by atoms with Crippen molar-refractivity contribution in [3.8, 4) is 0 Å². The van der Waals surface area contributed by atoms with Crippen molar-refractivity contribution in [3.05, 3.63) is 29.8 Å². The Hall–Kier alpha value is -2.24. The predicted molar refractivity (Wildman–Crippen MR) is 91.2 cm³/mol. The van der Waals surface area contributed by atoms with Crippen molar-refractivity contribution in [1.82, 2.24) is 10.6 Å². The molecule has 0 bridgehead atoms. The zero-order valence-electron chi connectivity index (χ0n) is 14.3. The van der Waals surface area contributed by atoms with E-state index in [1.54, 1.807) is 0 Å². The van der Waals surface area contributed by atoms with Gasteiger partial charge in [0.1, 0.15) is 6.61 Å². The SMILES string of the molecule is CC(C)Nc1ccc(COC(=O)NCCNC(=O)C(C)C)cc1. The summed E-state index contributed by atoms with van der Waals surface area (Å²) in [5.74, 6) is -0.0922. The van der Waals surface area contributed by atoms with Crippen LogP contribution in [0, 0.1) is 5.92 Å². The number of benzene rings is 1. The molecule has 0 saturated carbocycles. The second kappa shape index (κ2) is 9.71. The smallest absolute Gasteiger partial charge is 0.407 e. The standard InChI is InChI=1S/C17H27N3O3/c1-12(2)16(21)18-9-10-19-17(22)23-11-14-5-7-15(8-6-14)20-13(3)4/h5-8,12-13,20H,9-11H2,1-4H3,(H,18,21)(H,19,22). The van der Waals surface area contributed by atoms with E-state index in [0.717, 1.165) is 11.3 Å². The lowest BCUT2D eigenvalue weighted by molar-refractivity contribution is -0.123. The summed E-state index contributed by atoms with van der Waals surface area (Å²) in [6.07, 6.45) is -0.492. The predicted octanol–water partition coefficient (Wildman–Crippen LogP) is 2.51. The van der Waals surface area contributed by atoms with Crippen LogP contribution in [0.15, 0.2) is 24.3 Å². The number of carbonyl (C=O) groups is 2. The molecule has 0 unspecified atom stereocenters. The van der Waals surface area contributed by atoms with Crippen LogP contribution in [0.25, 0.3) is 0 Å². The van der Waals surface area contributed by atoms with Crippen molar-refractivity contribution >= 4 is 17.7 Å². The Kier molecular flexibility index (Phi) is 7.94. The van der Waals surface area contributed by atoms with Crippen LogP contribution in [-0.4, -0.2) is 31.1 Å². The average Bonchev–Trinajstić information content (AvgIpc) is 2.50. The van der Waals surface area contributed by atoms with Gasteiger partial charge in [-0.1, -0.05) is 26.0 Å². The fourth-order valence-corrected chi connectivity index (χ4v) is 1.78. The maximum Gasteiger partial charge on any atom is 0.407 e. The zero-order chi connectivity index (χ0) is 17.2. The van der Waals surface area contributed by atoms with Gasteiger partial charge in [0.05, 0.1) is 0 Å². The number of ether oxygens (including phenoxy) is 1. The van der Waals surface area contributed by atoms with E-state index in [9.17, 15) is 9.59 Å². The number of amides is 2. The summed E-state index contributed by atoms with van der Waals surface area (Å²) in [5, 5.41) is 8.61. The quantitative estimate of drug-likeness (QED) is 0.643. The highest BCUT2D eigenvalue weighted by atomic mass is 16.5. The van der Waals surface area contributed by atoms with Gasteiger partial charge in [-0.25, -0.2) is 4.79 Å². The van der Waals surface area contributed by atoms with Crippen molar-refractivity contribution in [2.45, 2.75) is 40.3 Å². The summed E-state index contributed by atoms with van der Waals surface area (Å²) in [6, 6.07) is 8.12. The van der Waals surface area contributed by atoms with Crippen LogP contribution in [0.3, 0.4) is 0 Å². The summed E-state index contributed by atoms with van der Waals surface area (Å²) in [6.45, 7) is 8.73. The maximum atomic E-state index is 11.5. The van der Waals surface area contributed by atoms with Crippen molar-refractivity contribution in [1.29, 1.82) is 0 Å². The molecule has 6 nitrogen and oxygen atoms in total. The molecule has 0 radical (unpaired) electrons. The van der Waals surface area contributed by atoms with Crippen LogP contribution in [-0.2, 0) is 16.1 Å². The topological polar surface area (TPSA) is 79.5 Å². The molecule has 0 aromatic heterocycles. The van der Waals surface area contributed by atoms with Crippen LogP contribution in [0.5, 0.6) is 0 Å². The number of alkyl carbamates (subject to hydrolysis) is 1. The second-order valence-corrected chi connectivity index (χ2v) is 5.94. The third-order valence-electron chi connectivity index (χ3n) is 3.00. The first-order chi connectivity index (χ1) is 10.9. The summed E-state index contributed by atoms with van der Waals surface area (Å²) in [7, 11) is 0. The van der Waals surface area contributed by atoms with Gasteiger partial charge in [-0.2, -0.15) is 0 Å². The average molecular weight is 321 g/mol. The first kappa shape index (κ1) is 18.8. The Bertz CT molecular complexity index is 498. The Morgan fingerprint density at radius 2 is 1.61 bits per heavy atom. The maximum absolute atomic E-state index is 11.5. The van der Waals surface area contributed by atoms with Crippen LogP contribution in [0.4, 0.5) is 10.5 Å². The summed E-state index contributed by atoms with van der Waals surface area (Å²) in [4.78, 5) is 22.9. The van der Waals surface area contributed by atoms with E-state index >= 15 is 0 Å². The minimum absolute atomic E-state index is 0.0322. The molecule has 1 rings (SSSR count). The van der Waals surface area contributed by atoms with Crippen LogP contribution < -0.4 is 16.0 Å². The monoisotopic (exact) mass is 321 g/mol. The van der Waals surface area contributed by atoms with E-state index in [0.29, 0.717) is 19.1 Å². The molecule has 23 heavy (non-hydrogen) atoms. The Morgan fingerprint density at radius 1 is 1.00 bits per heavy atom. The van der Waals surface area contributed by atoms with Gasteiger partial charge in [-0.3, -0.25) is 4.79 Å². The van der Waals surface area contributed by atoms with Crippen LogP contribution >= 0.6 is 0 Å². The number of hydrogen-bond acceptors (Lipinski definition) is 4. The fourth-order valence-electron chi connectivity index (χ4n) is 1.78. The van der Waals surface area contributed by atoms with Crippen molar-refractivity contribution in [3.63, 3.8) is 0 Å². The van der Waals surface area contributed by atoms with E-state index in [-0.39, 0.29) is 18.4 Å². The number of nitrogens with one attached hydrogen (secondary N) is 3. The van der Waals surface area contributed by atoms with Crippen molar-refractivity contribution in [2.75, 3.05) is 18.4 Å². The van der Waals surface area contributed by atoms with Gasteiger partial charge in [0.15, 0.2) is 0 Å². The van der Waals surface area contributed by atoms with Crippen molar-refractivity contribution < 1.29 is 14.3 Å². The normalized spacial score (nSPS) is 10.5. The van der Waals surface area contributed by atoms with Gasteiger partial charge in [0, 0.05) is 30.7 Å². The molecule has 6 heteroatoms. The molecule has 0 heterocycles. The summed E-state index contributed by atoms with van der Waals surface area (Å²) >= 11 is 0. The Morgan fingerprint density at radius 3 is 2.17 bits per heavy atom. The molecule has 0 aliphatic rings. The van der Waals surface area contributed by atoms with E-state index in [1.165, 1.54) is 0 Å². The van der Waals surface area contributed by atoms with Gasteiger partial charge in [-0.15, -0.1) is 0 Å². The van der Waals surface area contributed by atoms with Gasteiger partial charge < -0.3 is 20.7 Å². The largest absolute Gasteiger partial charge is 0.445 e. The van der Waals surface area contributed by atoms with E-state index in [1.807, 2.05) is 38.1 Å². The lowest BCUT2D eigenvalue weighted by Crippen LogP contribution is -2.36. The number of rotatable bonds is 8. The third-order valence-corrected chi connectivity index (χ3v) is 3.00. The number of carbonyl (C=O) groups excluding carboxylic acids is 2.